The lowest BCUT2D eigenvalue weighted by Crippen LogP contribution is -2.07. The van der Waals surface area contributed by atoms with E-state index in [2.05, 4.69) is 24.3 Å². The maximum Gasteiger partial charge on any atom is 0.307 e. The van der Waals surface area contributed by atoms with Gasteiger partial charge in [-0.15, -0.1) is 0 Å². The Kier molecular flexibility index (Phi) is 5.89. The lowest BCUT2D eigenvalue weighted by Gasteiger charge is -2.18. The van der Waals surface area contributed by atoms with Crippen LogP contribution in [0.15, 0.2) is 72.8 Å². The first kappa shape index (κ1) is 18.7. The second-order valence-corrected chi connectivity index (χ2v) is 6.47. The van der Waals surface area contributed by atoms with Crippen LogP contribution >= 0.6 is 0 Å². The Morgan fingerprint density at radius 2 is 1.70 bits per heavy atom. The minimum Gasteiger partial charge on any atom is -0.486 e. The third kappa shape index (κ3) is 4.74. The van der Waals surface area contributed by atoms with E-state index in [1.54, 1.807) is 6.07 Å². The van der Waals surface area contributed by atoms with E-state index in [4.69, 9.17) is 15.6 Å². The SMILES string of the molecule is CC(Oc1ccccc1CC(=O)O)c1cccc(-c2cccc(CN)c2)c1. The van der Waals surface area contributed by atoms with Crippen molar-refractivity contribution in [2.24, 2.45) is 5.73 Å². The molecule has 0 amide bonds. The van der Waals surface area contributed by atoms with Gasteiger partial charge in [-0.3, -0.25) is 4.79 Å². The number of hydrogen-bond acceptors (Lipinski definition) is 3. The lowest BCUT2D eigenvalue weighted by atomic mass is 9.99. The maximum absolute atomic E-state index is 11.1. The van der Waals surface area contributed by atoms with E-state index in [1.165, 1.54) is 0 Å². The molecule has 1 atom stereocenters. The van der Waals surface area contributed by atoms with Gasteiger partial charge in [0, 0.05) is 12.1 Å². The standard InChI is InChI=1S/C23H23NO3/c1-16(27-22-11-3-2-7-21(22)14-23(25)26)18-8-5-10-20(13-18)19-9-4-6-17(12-19)15-24/h2-13,16H,14-15,24H2,1H3,(H,25,26). The van der Waals surface area contributed by atoms with Crippen molar-refractivity contribution in [2.75, 3.05) is 0 Å². The molecule has 1 unspecified atom stereocenters. The Bertz CT molecular complexity index is 936. The first-order valence-corrected chi connectivity index (χ1v) is 8.92. The van der Waals surface area contributed by atoms with E-state index in [0.717, 1.165) is 22.3 Å². The van der Waals surface area contributed by atoms with E-state index in [-0.39, 0.29) is 12.5 Å². The van der Waals surface area contributed by atoms with Crippen LogP contribution in [0, 0.1) is 0 Å². The van der Waals surface area contributed by atoms with Crippen molar-refractivity contribution in [3.05, 3.63) is 89.5 Å². The summed E-state index contributed by atoms with van der Waals surface area (Å²) >= 11 is 0. The molecule has 0 bridgehead atoms. The van der Waals surface area contributed by atoms with Crippen molar-refractivity contribution in [2.45, 2.75) is 26.0 Å². The highest BCUT2D eigenvalue weighted by atomic mass is 16.5. The molecular formula is C23H23NO3. The van der Waals surface area contributed by atoms with Gasteiger partial charge in [0.2, 0.25) is 0 Å². The molecule has 4 heteroatoms. The topological polar surface area (TPSA) is 72.5 Å². The Morgan fingerprint density at radius 3 is 2.44 bits per heavy atom. The van der Waals surface area contributed by atoms with Crippen molar-refractivity contribution < 1.29 is 14.6 Å². The summed E-state index contributed by atoms with van der Waals surface area (Å²) in [7, 11) is 0. The van der Waals surface area contributed by atoms with Crippen LogP contribution < -0.4 is 10.5 Å². The molecule has 3 N–H and O–H groups in total. The van der Waals surface area contributed by atoms with Crippen LogP contribution in [0.1, 0.15) is 29.7 Å². The van der Waals surface area contributed by atoms with Crippen molar-refractivity contribution in [1.82, 2.24) is 0 Å². The molecule has 3 aromatic carbocycles. The smallest absolute Gasteiger partial charge is 0.307 e. The van der Waals surface area contributed by atoms with Gasteiger partial charge in [0.1, 0.15) is 11.9 Å². The summed E-state index contributed by atoms with van der Waals surface area (Å²) in [4.78, 5) is 11.1. The fourth-order valence-electron chi connectivity index (χ4n) is 3.04. The molecule has 0 aliphatic heterocycles. The largest absolute Gasteiger partial charge is 0.486 e. The van der Waals surface area contributed by atoms with Gasteiger partial charge in [0.15, 0.2) is 0 Å². The van der Waals surface area contributed by atoms with Gasteiger partial charge in [-0.2, -0.15) is 0 Å². The van der Waals surface area contributed by atoms with Crippen LogP contribution in [-0.4, -0.2) is 11.1 Å². The summed E-state index contributed by atoms with van der Waals surface area (Å²) in [6.45, 7) is 2.47. The fraction of sp³-hybridized carbons (Fsp3) is 0.174. The van der Waals surface area contributed by atoms with Crippen LogP contribution in [0.3, 0.4) is 0 Å². The summed E-state index contributed by atoms with van der Waals surface area (Å²) in [6, 6.07) is 23.6. The number of aliphatic carboxylic acids is 1. The van der Waals surface area contributed by atoms with Crippen LogP contribution in [0.25, 0.3) is 11.1 Å². The number of hydrogen-bond donors (Lipinski definition) is 2. The number of carboxylic acid groups (broad SMARTS) is 1. The molecule has 0 saturated carbocycles. The third-order valence-corrected chi connectivity index (χ3v) is 4.47. The zero-order valence-corrected chi connectivity index (χ0v) is 15.3. The Morgan fingerprint density at radius 1 is 1.00 bits per heavy atom. The van der Waals surface area contributed by atoms with Gasteiger partial charge in [-0.25, -0.2) is 0 Å². The van der Waals surface area contributed by atoms with Gasteiger partial charge < -0.3 is 15.6 Å². The van der Waals surface area contributed by atoms with Crippen LogP contribution in [0.2, 0.25) is 0 Å². The summed E-state index contributed by atoms with van der Waals surface area (Å²) < 4.78 is 6.08. The van der Waals surface area contributed by atoms with E-state index in [9.17, 15) is 4.79 Å². The summed E-state index contributed by atoms with van der Waals surface area (Å²) in [5, 5.41) is 9.08. The Balaban J connectivity index is 1.84. The zero-order chi connectivity index (χ0) is 19.2. The van der Waals surface area contributed by atoms with Crippen LogP contribution in [-0.2, 0) is 17.8 Å². The molecule has 0 saturated heterocycles. The average molecular weight is 361 g/mol. The maximum atomic E-state index is 11.1. The number of carbonyl (C=O) groups is 1. The molecule has 0 radical (unpaired) electrons. The number of rotatable bonds is 7. The number of nitrogens with two attached hydrogens (primary N) is 1. The second-order valence-electron chi connectivity index (χ2n) is 6.47. The van der Waals surface area contributed by atoms with E-state index < -0.39 is 5.97 Å². The van der Waals surface area contributed by atoms with Gasteiger partial charge >= 0.3 is 5.97 Å². The molecule has 3 rings (SSSR count). The van der Waals surface area contributed by atoms with E-state index in [0.29, 0.717) is 17.9 Å². The summed E-state index contributed by atoms with van der Waals surface area (Å²) in [6.07, 6.45) is -0.271. The zero-order valence-electron chi connectivity index (χ0n) is 15.3. The first-order valence-electron chi connectivity index (χ1n) is 8.92. The molecule has 0 aliphatic carbocycles. The van der Waals surface area contributed by atoms with E-state index >= 15 is 0 Å². The molecule has 0 fully saturated rings. The van der Waals surface area contributed by atoms with Gasteiger partial charge in [-0.05, 0) is 47.4 Å². The number of para-hydroxylation sites is 1. The normalized spacial score (nSPS) is 11.8. The van der Waals surface area contributed by atoms with Gasteiger partial charge in [-0.1, -0.05) is 54.6 Å². The van der Waals surface area contributed by atoms with Crippen LogP contribution in [0.4, 0.5) is 0 Å². The van der Waals surface area contributed by atoms with Crippen molar-refractivity contribution >= 4 is 5.97 Å². The predicted molar refractivity (Wildman–Crippen MR) is 107 cm³/mol. The quantitative estimate of drug-likeness (QED) is 0.646. The Hall–Kier alpha value is -3.11. The van der Waals surface area contributed by atoms with E-state index in [1.807, 2.05) is 49.4 Å². The van der Waals surface area contributed by atoms with Gasteiger partial charge in [0.05, 0.1) is 6.42 Å². The number of benzene rings is 3. The summed E-state index contributed by atoms with van der Waals surface area (Å²) in [5.74, 6) is -0.275. The minimum absolute atomic E-state index is 0.0607. The number of carboxylic acids is 1. The average Bonchev–Trinajstić information content (AvgIpc) is 2.69. The lowest BCUT2D eigenvalue weighted by molar-refractivity contribution is -0.136. The first-order chi connectivity index (χ1) is 13.1. The molecule has 0 spiro atoms. The van der Waals surface area contributed by atoms with Crippen molar-refractivity contribution in [3.8, 4) is 16.9 Å². The monoisotopic (exact) mass is 361 g/mol. The molecule has 0 heterocycles. The third-order valence-electron chi connectivity index (χ3n) is 4.47. The molecule has 0 aliphatic rings. The minimum atomic E-state index is -0.875. The molecule has 4 nitrogen and oxygen atoms in total. The Labute approximate surface area is 159 Å². The molecule has 3 aromatic rings. The molecular weight excluding hydrogens is 338 g/mol. The van der Waals surface area contributed by atoms with Crippen molar-refractivity contribution in [1.29, 1.82) is 0 Å². The highest BCUT2D eigenvalue weighted by Gasteiger charge is 2.13. The predicted octanol–water partition coefficient (Wildman–Crippen LogP) is 4.58. The second kappa shape index (κ2) is 8.52. The van der Waals surface area contributed by atoms with Gasteiger partial charge in [0.25, 0.3) is 0 Å². The van der Waals surface area contributed by atoms with Crippen molar-refractivity contribution in [3.63, 3.8) is 0 Å². The molecule has 138 valence electrons. The summed E-state index contributed by atoms with van der Waals surface area (Å²) in [5.41, 5.74) is 10.7. The highest BCUT2D eigenvalue weighted by molar-refractivity contribution is 5.71. The fourth-order valence-corrected chi connectivity index (χ4v) is 3.04. The molecule has 0 aromatic heterocycles. The molecule has 27 heavy (non-hydrogen) atoms. The number of ether oxygens (including phenoxy) is 1. The highest BCUT2D eigenvalue weighted by Crippen LogP contribution is 2.28. The van der Waals surface area contributed by atoms with Crippen LogP contribution in [0.5, 0.6) is 5.75 Å².